The number of hydrogen-bond donors (Lipinski definition) is 1. The third-order valence-electron chi connectivity index (χ3n) is 5.55. The minimum absolute atomic E-state index is 0.0772. The van der Waals surface area contributed by atoms with E-state index in [1.807, 2.05) is 36.4 Å². The van der Waals surface area contributed by atoms with Crippen molar-refractivity contribution < 1.29 is 13.2 Å². The lowest BCUT2D eigenvalue weighted by atomic mass is 10.1. The first kappa shape index (κ1) is 21.6. The van der Waals surface area contributed by atoms with E-state index in [1.54, 1.807) is 23.8 Å². The van der Waals surface area contributed by atoms with Crippen LogP contribution in [0.1, 0.15) is 43.0 Å². The fraction of sp³-hybridized carbons (Fsp3) is 0.364. The average Bonchev–Trinajstić information content (AvgIpc) is 3.43. The molecular weight excluding hydrogens is 436 g/mol. The molecule has 0 unspecified atom stereocenters. The standard InChI is InChI=1S/C22H25ClN4O3S/c1-30-20-9-5-4-8-19(20)27-21(17-6-2-3-7-17)24-25-22(27)26-31(28,29)15-14-16-10-12-18(23)13-11-16/h4-5,8-13,17H,2-3,6-7,14-15H2,1H3,(H,25,26). The van der Waals surface area contributed by atoms with Gasteiger partial charge in [0.1, 0.15) is 11.6 Å². The van der Waals surface area contributed by atoms with E-state index in [2.05, 4.69) is 14.9 Å². The Kier molecular flexibility index (Phi) is 6.48. The van der Waals surface area contributed by atoms with E-state index in [4.69, 9.17) is 16.3 Å². The van der Waals surface area contributed by atoms with E-state index in [1.165, 1.54) is 0 Å². The number of nitrogens with zero attached hydrogens (tertiary/aromatic N) is 3. The molecule has 1 aromatic heterocycles. The van der Waals surface area contributed by atoms with Gasteiger partial charge < -0.3 is 4.74 Å². The number of nitrogens with one attached hydrogen (secondary N) is 1. The SMILES string of the molecule is COc1ccccc1-n1c(NS(=O)(=O)CCc2ccc(Cl)cc2)nnc1C1CCCC1. The van der Waals surface area contributed by atoms with Crippen LogP contribution in [0.25, 0.3) is 5.69 Å². The van der Waals surface area contributed by atoms with Crippen molar-refractivity contribution in [3.8, 4) is 11.4 Å². The molecule has 31 heavy (non-hydrogen) atoms. The Hall–Kier alpha value is -2.58. The molecule has 4 rings (SSSR count). The Morgan fingerprint density at radius 2 is 1.81 bits per heavy atom. The van der Waals surface area contributed by atoms with Crippen molar-refractivity contribution in [2.24, 2.45) is 0 Å². The molecule has 0 spiro atoms. The largest absolute Gasteiger partial charge is 0.495 e. The van der Waals surface area contributed by atoms with Crippen molar-refractivity contribution in [2.45, 2.75) is 38.0 Å². The normalized spacial score (nSPS) is 14.6. The van der Waals surface area contributed by atoms with Gasteiger partial charge in [-0.15, -0.1) is 10.2 Å². The van der Waals surface area contributed by atoms with E-state index in [-0.39, 0.29) is 17.6 Å². The highest BCUT2D eigenvalue weighted by Gasteiger charge is 2.28. The van der Waals surface area contributed by atoms with Crippen LogP contribution >= 0.6 is 11.6 Å². The van der Waals surface area contributed by atoms with Crippen LogP contribution < -0.4 is 9.46 Å². The number of sulfonamides is 1. The number of benzene rings is 2. The highest BCUT2D eigenvalue weighted by atomic mass is 35.5. The second kappa shape index (κ2) is 9.28. The Balaban J connectivity index is 1.63. The van der Waals surface area contributed by atoms with Crippen LogP contribution in [0.4, 0.5) is 5.95 Å². The molecule has 0 saturated heterocycles. The lowest BCUT2D eigenvalue weighted by molar-refractivity contribution is 0.412. The summed E-state index contributed by atoms with van der Waals surface area (Å²) >= 11 is 5.91. The van der Waals surface area contributed by atoms with Crippen LogP contribution in [0.5, 0.6) is 5.75 Å². The lowest BCUT2D eigenvalue weighted by Crippen LogP contribution is -2.21. The highest BCUT2D eigenvalue weighted by Crippen LogP contribution is 2.37. The second-order valence-electron chi connectivity index (χ2n) is 7.67. The van der Waals surface area contributed by atoms with Gasteiger partial charge in [0, 0.05) is 10.9 Å². The first-order valence-corrected chi connectivity index (χ1v) is 12.3. The number of anilines is 1. The molecule has 1 aliphatic rings. The molecule has 3 aromatic rings. The van der Waals surface area contributed by atoms with Crippen molar-refractivity contribution >= 4 is 27.6 Å². The molecule has 1 fully saturated rings. The first-order valence-electron chi connectivity index (χ1n) is 10.3. The molecule has 1 aliphatic carbocycles. The molecule has 1 heterocycles. The molecule has 0 amide bonds. The van der Waals surface area contributed by atoms with Crippen molar-refractivity contribution in [2.75, 3.05) is 17.6 Å². The van der Waals surface area contributed by atoms with Gasteiger partial charge in [-0.2, -0.15) is 0 Å². The van der Waals surface area contributed by atoms with Gasteiger partial charge in [-0.05, 0) is 49.1 Å². The molecule has 0 radical (unpaired) electrons. The summed E-state index contributed by atoms with van der Waals surface area (Å²) < 4.78 is 35.7. The van der Waals surface area contributed by atoms with Gasteiger partial charge in [0.2, 0.25) is 16.0 Å². The summed E-state index contributed by atoms with van der Waals surface area (Å²) in [6, 6.07) is 14.6. The minimum Gasteiger partial charge on any atom is -0.495 e. The van der Waals surface area contributed by atoms with E-state index in [9.17, 15) is 8.42 Å². The quantitative estimate of drug-likeness (QED) is 0.532. The average molecular weight is 461 g/mol. The van der Waals surface area contributed by atoms with Crippen LogP contribution in [0.15, 0.2) is 48.5 Å². The molecule has 9 heteroatoms. The molecule has 2 aromatic carbocycles. The number of halogens is 1. The van der Waals surface area contributed by atoms with Crippen LogP contribution in [-0.4, -0.2) is 36.0 Å². The fourth-order valence-corrected chi connectivity index (χ4v) is 5.10. The zero-order valence-corrected chi connectivity index (χ0v) is 18.9. The predicted molar refractivity (Wildman–Crippen MR) is 122 cm³/mol. The fourth-order valence-electron chi connectivity index (χ4n) is 3.96. The summed E-state index contributed by atoms with van der Waals surface area (Å²) in [6.45, 7) is 0. The topological polar surface area (TPSA) is 86.1 Å². The summed E-state index contributed by atoms with van der Waals surface area (Å²) in [5.41, 5.74) is 1.61. The molecule has 1 N–H and O–H groups in total. The molecular formula is C22H25ClN4O3S. The first-order chi connectivity index (χ1) is 15.0. The summed E-state index contributed by atoms with van der Waals surface area (Å²) in [4.78, 5) is 0. The summed E-state index contributed by atoms with van der Waals surface area (Å²) in [5, 5.41) is 9.21. The maximum atomic E-state index is 12.9. The van der Waals surface area contributed by atoms with Gasteiger partial charge in [0.25, 0.3) is 0 Å². The van der Waals surface area contributed by atoms with Crippen LogP contribution in [0.2, 0.25) is 5.02 Å². The van der Waals surface area contributed by atoms with E-state index >= 15 is 0 Å². The molecule has 0 atom stereocenters. The second-order valence-corrected chi connectivity index (χ2v) is 9.95. The zero-order chi connectivity index (χ0) is 21.8. The van der Waals surface area contributed by atoms with Crippen molar-refractivity contribution in [3.63, 3.8) is 0 Å². The maximum absolute atomic E-state index is 12.9. The summed E-state index contributed by atoms with van der Waals surface area (Å²) in [6.07, 6.45) is 4.65. The van der Waals surface area contributed by atoms with E-state index in [0.717, 1.165) is 37.1 Å². The van der Waals surface area contributed by atoms with Crippen molar-refractivity contribution in [1.29, 1.82) is 0 Å². The molecule has 0 bridgehead atoms. The van der Waals surface area contributed by atoms with Crippen molar-refractivity contribution in [1.82, 2.24) is 14.8 Å². The number of methoxy groups -OCH3 is 1. The van der Waals surface area contributed by atoms with E-state index < -0.39 is 10.0 Å². The Morgan fingerprint density at radius 1 is 1.10 bits per heavy atom. The molecule has 7 nitrogen and oxygen atoms in total. The molecule has 0 aliphatic heterocycles. The number of rotatable bonds is 8. The Morgan fingerprint density at radius 3 is 2.52 bits per heavy atom. The predicted octanol–water partition coefficient (Wildman–Crippen LogP) is 4.57. The molecule has 1 saturated carbocycles. The van der Waals surface area contributed by atoms with Gasteiger partial charge in [-0.3, -0.25) is 9.29 Å². The van der Waals surface area contributed by atoms with Crippen LogP contribution in [0, 0.1) is 0 Å². The third kappa shape index (κ3) is 5.02. The zero-order valence-electron chi connectivity index (χ0n) is 17.3. The van der Waals surface area contributed by atoms with Crippen LogP contribution in [0.3, 0.4) is 0 Å². The Bertz CT molecular complexity index is 1140. The third-order valence-corrected chi connectivity index (χ3v) is 7.04. The smallest absolute Gasteiger partial charge is 0.243 e. The number of ether oxygens (including phenoxy) is 1. The van der Waals surface area contributed by atoms with Gasteiger partial charge in [0.05, 0.1) is 18.6 Å². The van der Waals surface area contributed by atoms with Gasteiger partial charge in [-0.1, -0.05) is 48.7 Å². The summed E-state index contributed by atoms with van der Waals surface area (Å²) in [7, 11) is -2.06. The monoisotopic (exact) mass is 460 g/mol. The van der Waals surface area contributed by atoms with Gasteiger partial charge >= 0.3 is 0 Å². The maximum Gasteiger partial charge on any atom is 0.243 e. The van der Waals surface area contributed by atoms with Crippen LogP contribution in [-0.2, 0) is 16.4 Å². The number of aryl methyl sites for hydroxylation is 1. The van der Waals surface area contributed by atoms with Gasteiger partial charge in [0.15, 0.2) is 0 Å². The minimum atomic E-state index is -3.65. The highest BCUT2D eigenvalue weighted by molar-refractivity contribution is 7.92. The number of para-hydroxylation sites is 2. The number of aromatic nitrogens is 3. The lowest BCUT2D eigenvalue weighted by Gasteiger charge is -2.17. The van der Waals surface area contributed by atoms with Gasteiger partial charge in [-0.25, -0.2) is 8.42 Å². The van der Waals surface area contributed by atoms with Crippen molar-refractivity contribution in [3.05, 3.63) is 64.9 Å². The number of hydrogen-bond acceptors (Lipinski definition) is 5. The summed E-state index contributed by atoms with van der Waals surface area (Å²) in [5.74, 6) is 1.74. The molecule has 164 valence electrons. The Labute approximate surface area is 187 Å². The van der Waals surface area contributed by atoms with E-state index in [0.29, 0.717) is 22.9 Å².